The highest BCUT2D eigenvalue weighted by Gasteiger charge is 2.22. The van der Waals surface area contributed by atoms with Gasteiger partial charge in [-0.3, -0.25) is 0 Å². The van der Waals surface area contributed by atoms with Gasteiger partial charge in [0.2, 0.25) is 0 Å². The largest absolute Gasteiger partial charge is 0.314 e. The fourth-order valence-corrected chi connectivity index (χ4v) is 2.22. The van der Waals surface area contributed by atoms with Crippen molar-refractivity contribution in [2.45, 2.75) is 32.2 Å². The summed E-state index contributed by atoms with van der Waals surface area (Å²) in [5.41, 5.74) is 2.96. The zero-order valence-electron chi connectivity index (χ0n) is 8.38. The van der Waals surface area contributed by atoms with Crippen LogP contribution in [0.5, 0.6) is 0 Å². The lowest BCUT2D eigenvalue weighted by Crippen LogP contribution is -2.16. The maximum Gasteiger partial charge on any atom is 0.00452 e. The van der Waals surface area contributed by atoms with Crippen LogP contribution in [0.15, 0.2) is 24.3 Å². The predicted octanol–water partition coefficient (Wildman–Crippen LogP) is 2.46. The first-order chi connectivity index (χ1) is 6.27. The van der Waals surface area contributed by atoms with Crippen LogP contribution in [0.25, 0.3) is 0 Å². The van der Waals surface area contributed by atoms with Crippen LogP contribution in [-0.2, 0) is 0 Å². The van der Waals surface area contributed by atoms with Crippen molar-refractivity contribution in [3.8, 4) is 0 Å². The molecule has 13 heavy (non-hydrogen) atoms. The Labute approximate surface area is 80.2 Å². The highest BCUT2D eigenvalue weighted by molar-refractivity contribution is 5.30. The molecule has 70 valence electrons. The number of hydrogen-bond acceptors (Lipinski definition) is 1. The van der Waals surface area contributed by atoms with Crippen molar-refractivity contribution in [1.82, 2.24) is 5.32 Å². The normalized spacial score (nSPS) is 27.8. The number of benzene rings is 1. The van der Waals surface area contributed by atoms with E-state index in [9.17, 15) is 0 Å². The van der Waals surface area contributed by atoms with E-state index < -0.39 is 0 Å². The van der Waals surface area contributed by atoms with E-state index >= 15 is 0 Å². The van der Waals surface area contributed by atoms with Crippen LogP contribution < -0.4 is 5.32 Å². The molecule has 1 nitrogen and oxygen atoms in total. The Kier molecular flexibility index (Phi) is 2.36. The van der Waals surface area contributed by atoms with Gasteiger partial charge in [-0.2, -0.15) is 0 Å². The molecule has 0 radical (unpaired) electrons. The summed E-state index contributed by atoms with van der Waals surface area (Å²) in [5.74, 6) is 0.733. The molecule has 1 heterocycles. The average Bonchev–Trinajstić information content (AvgIpc) is 2.53. The van der Waals surface area contributed by atoms with Crippen molar-refractivity contribution in [3.63, 3.8) is 0 Å². The van der Waals surface area contributed by atoms with Crippen molar-refractivity contribution in [3.05, 3.63) is 35.4 Å². The lowest BCUT2D eigenvalue weighted by atomic mass is 9.93. The van der Waals surface area contributed by atoms with Gasteiger partial charge < -0.3 is 5.32 Å². The molecule has 0 aliphatic carbocycles. The van der Waals surface area contributed by atoms with Gasteiger partial charge in [-0.1, -0.05) is 24.3 Å². The fourth-order valence-electron chi connectivity index (χ4n) is 2.22. The second-order valence-corrected chi connectivity index (χ2v) is 4.10. The second-order valence-electron chi connectivity index (χ2n) is 4.10. The molecule has 1 heteroatoms. The molecular weight excluding hydrogens is 158 g/mol. The third-order valence-corrected chi connectivity index (χ3v) is 2.98. The number of hydrogen-bond donors (Lipinski definition) is 1. The van der Waals surface area contributed by atoms with Crippen molar-refractivity contribution in [1.29, 1.82) is 0 Å². The maximum atomic E-state index is 3.50. The minimum atomic E-state index is 0.685. The molecule has 0 aromatic heterocycles. The summed E-state index contributed by atoms with van der Waals surface area (Å²) in [5, 5.41) is 3.50. The van der Waals surface area contributed by atoms with Crippen molar-refractivity contribution in [2.24, 2.45) is 0 Å². The Morgan fingerprint density at radius 3 is 2.69 bits per heavy atom. The van der Waals surface area contributed by atoms with E-state index in [0.29, 0.717) is 6.04 Å². The molecular formula is C12H17N. The first kappa shape index (κ1) is 8.76. The SMILES string of the molecule is Cc1ccccc1[C@H]1CN[C@@H](C)C1. The third kappa shape index (κ3) is 1.75. The summed E-state index contributed by atoms with van der Waals surface area (Å²) in [6.45, 7) is 5.61. The molecule has 0 bridgehead atoms. The zero-order chi connectivity index (χ0) is 9.26. The molecule has 1 aliphatic heterocycles. The molecule has 0 unspecified atom stereocenters. The summed E-state index contributed by atoms with van der Waals surface area (Å²) in [4.78, 5) is 0. The topological polar surface area (TPSA) is 12.0 Å². The van der Waals surface area contributed by atoms with Gasteiger partial charge in [0.05, 0.1) is 0 Å². The van der Waals surface area contributed by atoms with Crippen LogP contribution in [0, 0.1) is 6.92 Å². The van der Waals surface area contributed by atoms with E-state index in [1.807, 2.05) is 0 Å². The number of nitrogens with one attached hydrogen (secondary N) is 1. The molecule has 1 saturated heterocycles. The number of rotatable bonds is 1. The molecule has 0 saturated carbocycles. The van der Waals surface area contributed by atoms with E-state index in [-0.39, 0.29) is 0 Å². The molecule has 1 aromatic carbocycles. The van der Waals surface area contributed by atoms with Gasteiger partial charge >= 0.3 is 0 Å². The molecule has 1 N–H and O–H groups in total. The van der Waals surface area contributed by atoms with E-state index in [4.69, 9.17) is 0 Å². The Bertz CT molecular complexity index is 293. The van der Waals surface area contributed by atoms with Crippen LogP contribution >= 0.6 is 0 Å². The zero-order valence-corrected chi connectivity index (χ0v) is 8.38. The molecule has 2 rings (SSSR count). The Hall–Kier alpha value is -0.820. The first-order valence-corrected chi connectivity index (χ1v) is 5.06. The highest BCUT2D eigenvalue weighted by atomic mass is 14.9. The van der Waals surface area contributed by atoms with Gasteiger partial charge in [0.1, 0.15) is 0 Å². The minimum absolute atomic E-state index is 0.685. The van der Waals surface area contributed by atoms with E-state index in [0.717, 1.165) is 12.5 Å². The molecule has 1 aliphatic rings. The van der Waals surface area contributed by atoms with Gasteiger partial charge in [-0.25, -0.2) is 0 Å². The lowest BCUT2D eigenvalue weighted by molar-refractivity contribution is 0.658. The van der Waals surface area contributed by atoms with Crippen LogP contribution in [0.2, 0.25) is 0 Å². The average molecular weight is 175 g/mol. The molecule has 1 aromatic rings. The Morgan fingerprint density at radius 1 is 1.31 bits per heavy atom. The summed E-state index contributed by atoms with van der Waals surface area (Å²) in [6.07, 6.45) is 1.28. The van der Waals surface area contributed by atoms with Crippen molar-refractivity contribution >= 4 is 0 Å². The van der Waals surface area contributed by atoms with E-state index in [2.05, 4.69) is 43.4 Å². The Morgan fingerprint density at radius 2 is 2.08 bits per heavy atom. The van der Waals surface area contributed by atoms with Crippen LogP contribution in [0.4, 0.5) is 0 Å². The first-order valence-electron chi connectivity index (χ1n) is 5.06. The van der Waals surface area contributed by atoms with E-state index in [1.54, 1.807) is 0 Å². The summed E-state index contributed by atoms with van der Waals surface area (Å²) < 4.78 is 0. The second kappa shape index (κ2) is 3.51. The van der Waals surface area contributed by atoms with Gasteiger partial charge in [0, 0.05) is 12.6 Å². The molecule has 1 fully saturated rings. The quantitative estimate of drug-likeness (QED) is 0.691. The van der Waals surface area contributed by atoms with Gasteiger partial charge in [0.15, 0.2) is 0 Å². The smallest absolute Gasteiger partial charge is 0.00452 e. The standard InChI is InChI=1S/C12H17N/c1-9-5-3-4-6-12(9)11-7-10(2)13-8-11/h3-6,10-11,13H,7-8H2,1-2H3/t10-,11+/m0/s1. The summed E-state index contributed by atoms with van der Waals surface area (Å²) in [6, 6.07) is 9.41. The predicted molar refractivity (Wildman–Crippen MR) is 56.0 cm³/mol. The third-order valence-electron chi connectivity index (χ3n) is 2.98. The fraction of sp³-hybridized carbons (Fsp3) is 0.500. The van der Waals surface area contributed by atoms with Gasteiger partial charge in [0.25, 0.3) is 0 Å². The van der Waals surface area contributed by atoms with Gasteiger partial charge in [-0.05, 0) is 37.3 Å². The molecule has 0 spiro atoms. The minimum Gasteiger partial charge on any atom is -0.314 e. The van der Waals surface area contributed by atoms with Crippen LogP contribution in [0.3, 0.4) is 0 Å². The van der Waals surface area contributed by atoms with E-state index in [1.165, 1.54) is 17.5 Å². The van der Waals surface area contributed by atoms with Crippen LogP contribution in [0.1, 0.15) is 30.4 Å². The molecule has 0 amide bonds. The van der Waals surface area contributed by atoms with Crippen LogP contribution in [-0.4, -0.2) is 12.6 Å². The summed E-state index contributed by atoms with van der Waals surface area (Å²) in [7, 11) is 0. The maximum absolute atomic E-state index is 3.50. The highest BCUT2D eigenvalue weighted by Crippen LogP contribution is 2.27. The molecule has 2 atom stereocenters. The van der Waals surface area contributed by atoms with Crippen molar-refractivity contribution < 1.29 is 0 Å². The van der Waals surface area contributed by atoms with Crippen molar-refractivity contribution in [2.75, 3.05) is 6.54 Å². The Balaban J connectivity index is 2.21. The number of aryl methyl sites for hydroxylation is 1. The summed E-state index contributed by atoms with van der Waals surface area (Å²) >= 11 is 0. The van der Waals surface area contributed by atoms with Gasteiger partial charge in [-0.15, -0.1) is 0 Å². The monoisotopic (exact) mass is 175 g/mol. The lowest BCUT2D eigenvalue weighted by Gasteiger charge is -2.11.